The average molecular weight is 451 g/mol. The summed E-state index contributed by atoms with van der Waals surface area (Å²) in [7, 11) is -3.85. The molecule has 9 heteroatoms. The molecule has 0 fully saturated rings. The molecule has 0 unspecified atom stereocenters. The summed E-state index contributed by atoms with van der Waals surface area (Å²) < 4.78 is 28.3. The van der Waals surface area contributed by atoms with Gasteiger partial charge in [0.2, 0.25) is 5.91 Å². The molecule has 0 aliphatic carbocycles. The SMILES string of the molecule is CCC(=O)Nc1ccc(S(=O)(=O)Nc2ccc3c(c2)N(C(=O)c2cccnc2)CC3)cc1. The van der Waals surface area contributed by atoms with Gasteiger partial charge in [-0.2, -0.15) is 0 Å². The number of sulfonamides is 1. The lowest BCUT2D eigenvalue weighted by molar-refractivity contribution is -0.115. The van der Waals surface area contributed by atoms with Gasteiger partial charge in [-0.25, -0.2) is 8.42 Å². The van der Waals surface area contributed by atoms with Crippen molar-refractivity contribution in [2.24, 2.45) is 0 Å². The molecule has 3 aromatic rings. The minimum atomic E-state index is -3.85. The van der Waals surface area contributed by atoms with Gasteiger partial charge in [0, 0.05) is 36.7 Å². The predicted molar refractivity (Wildman–Crippen MR) is 122 cm³/mol. The van der Waals surface area contributed by atoms with Crippen LogP contribution in [0.2, 0.25) is 0 Å². The Kier molecular flexibility index (Phi) is 5.91. The zero-order valence-electron chi connectivity index (χ0n) is 17.4. The van der Waals surface area contributed by atoms with E-state index in [1.807, 2.05) is 6.07 Å². The zero-order valence-corrected chi connectivity index (χ0v) is 18.2. The predicted octanol–water partition coefficient (Wildman–Crippen LogP) is 3.43. The minimum absolute atomic E-state index is 0.0655. The van der Waals surface area contributed by atoms with Crippen molar-refractivity contribution in [1.29, 1.82) is 0 Å². The highest BCUT2D eigenvalue weighted by atomic mass is 32.2. The number of pyridine rings is 1. The van der Waals surface area contributed by atoms with Gasteiger partial charge in [0.15, 0.2) is 0 Å². The third kappa shape index (κ3) is 4.47. The molecule has 0 radical (unpaired) electrons. The maximum Gasteiger partial charge on any atom is 0.261 e. The Morgan fingerprint density at radius 2 is 1.81 bits per heavy atom. The first kappa shape index (κ1) is 21.5. The van der Waals surface area contributed by atoms with Crippen molar-refractivity contribution in [3.05, 3.63) is 78.1 Å². The number of fused-ring (bicyclic) bond motifs is 1. The van der Waals surface area contributed by atoms with E-state index in [1.54, 1.807) is 54.4 Å². The highest BCUT2D eigenvalue weighted by Gasteiger charge is 2.26. The van der Waals surface area contributed by atoms with Gasteiger partial charge in [-0.05, 0) is 60.5 Å². The molecule has 1 aromatic heterocycles. The van der Waals surface area contributed by atoms with E-state index in [-0.39, 0.29) is 16.7 Å². The molecular weight excluding hydrogens is 428 g/mol. The maximum absolute atomic E-state index is 12.9. The molecule has 0 spiro atoms. The normalized spacial score (nSPS) is 12.8. The number of rotatable bonds is 6. The molecule has 2 heterocycles. The summed E-state index contributed by atoms with van der Waals surface area (Å²) in [6.07, 6.45) is 4.14. The van der Waals surface area contributed by atoms with E-state index in [1.165, 1.54) is 18.3 Å². The van der Waals surface area contributed by atoms with Gasteiger partial charge < -0.3 is 10.2 Å². The molecule has 32 heavy (non-hydrogen) atoms. The van der Waals surface area contributed by atoms with Gasteiger partial charge >= 0.3 is 0 Å². The number of hydrogen-bond acceptors (Lipinski definition) is 5. The van der Waals surface area contributed by atoms with Gasteiger partial charge in [0.1, 0.15) is 0 Å². The standard InChI is InChI=1S/C23H22N4O4S/c1-2-22(28)25-18-7-9-20(10-8-18)32(30,31)26-19-6-5-16-11-13-27(21(16)14-19)23(29)17-4-3-12-24-15-17/h3-10,12,14-15,26H,2,11,13H2,1H3,(H,25,28). The van der Waals surface area contributed by atoms with Crippen LogP contribution in [0, 0.1) is 0 Å². The first-order valence-electron chi connectivity index (χ1n) is 10.1. The fourth-order valence-electron chi connectivity index (χ4n) is 3.48. The summed E-state index contributed by atoms with van der Waals surface area (Å²) in [5.74, 6) is -0.330. The van der Waals surface area contributed by atoms with Gasteiger partial charge in [-0.15, -0.1) is 0 Å². The molecule has 0 saturated carbocycles. The van der Waals surface area contributed by atoms with Crippen molar-refractivity contribution in [1.82, 2.24) is 4.98 Å². The number of carbonyl (C=O) groups excluding carboxylic acids is 2. The number of nitrogens with zero attached hydrogens (tertiary/aromatic N) is 2. The Hall–Kier alpha value is -3.72. The van der Waals surface area contributed by atoms with Crippen molar-refractivity contribution in [2.75, 3.05) is 21.5 Å². The second-order valence-corrected chi connectivity index (χ2v) is 9.01. The van der Waals surface area contributed by atoms with Crippen LogP contribution in [0.4, 0.5) is 17.1 Å². The smallest absolute Gasteiger partial charge is 0.261 e. The van der Waals surface area contributed by atoms with E-state index in [0.29, 0.717) is 42.0 Å². The van der Waals surface area contributed by atoms with Gasteiger partial charge in [0.25, 0.3) is 15.9 Å². The summed E-state index contributed by atoms with van der Waals surface area (Å²) in [6.45, 7) is 2.25. The van der Waals surface area contributed by atoms with Crippen molar-refractivity contribution in [3.63, 3.8) is 0 Å². The van der Waals surface area contributed by atoms with Crippen LogP contribution in [-0.4, -0.2) is 31.8 Å². The lowest BCUT2D eigenvalue weighted by atomic mass is 10.1. The van der Waals surface area contributed by atoms with Crippen LogP contribution in [0.15, 0.2) is 71.9 Å². The molecule has 0 saturated heterocycles. The van der Waals surface area contributed by atoms with Crippen LogP contribution in [0.1, 0.15) is 29.3 Å². The molecule has 2 amide bonds. The molecule has 2 N–H and O–H groups in total. The largest absolute Gasteiger partial charge is 0.326 e. The van der Waals surface area contributed by atoms with Crippen LogP contribution in [0.5, 0.6) is 0 Å². The Bertz CT molecular complexity index is 1260. The number of carbonyl (C=O) groups is 2. The van der Waals surface area contributed by atoms with Crippen LogP contribution in [0.3, 0.4) is 0 Å². The Morgan fingerprint density at radius 1 is 1.06 bits per heavy atom. The minimum Gasteiger partial charge on any atom is -0.326 e. The fraction of sp³-hybridized carbons (Fsp3) is 0.174. The molecule has 0 atom stereocenters. The lowest BCUT2D eigenvalue weighted by Gasteiger charge is -2.18. The Morgan fingerprint density at radius 3 is 2.50 bits per heavy atom. The van der Waals surface area contributed by atoms with Crippen molar-refractivity contribution in [3.8, 4) is 0 Å². The lowest BCUT2D eigenvalue weighted by Crippen LogP contribution is -2.29. The topological polar surface area (TPSA) is 108 Å². The first-order chi connectivity index (χ1) is 15.4. The van der Waals surface area contributed by atoms with E-state index in [4.69, 9.17) is 0 Å². The van der Waals surface area contributed by atoms with E-state index in [0.717, 1.165) is 5.56 Å². The molecular formula is C23H22N4O4S. The van der Waals surface area contributed by atoms with Crippen molar-refractivity contribution >= 4 is 38.9 Å². The van der Waals surface area contributed by atoms with Gasteiger partial charge in [-0.3, -0.25) is 19.3 Å². The van der Waals surface area contributed by atoms with Crippen molar-refractivity contribution < 1.29 is 18.0 Å². The number of hydrogen-bond donors (Lipinski definition) is 2. The summed E-state index contributed by atoms with van der Waals surface area (Å²) in [4.78, 5) is 30.1. The van der Waals surface area contributed by atoms with E-state index in [9.17, 15) is 18.0 Å². The molecule has 164 valence electrons. The number of amides is 2. The van der Waals surface area contributed by atoms with Crippen LogP contribution in [-0.2, 0) is 21.2 Å². The second kappa shape index (κ2) is 8.80. The van der Waals surface area contributed by atoms with Crippen LogP contribution >= 0.6 is 0 Å². The quantitative estimate of drug-likeness (QED) is 0.598. The van der Waals surface area contributed by atoms with Crippen LogP contribution in [0.25, 0.3) is 0 Å². The molecule has 2 aromatic carbocycles. The molecule has 4 rings (SSSR count). The summed E-state index contributed by atoms with van der Waals surface area (Å²) in [5, 5.41) is 2.68. The number of benzene rings is 2. The molecule has 1 aliphatic rings. The molecule has 8 nitrogen and oxygen atoms in total. The number of nitrogens with one attached hydrogen (secondary N) is 2. The maximum atomic E-state index is 12.9. The molecule has 0 bridgehead atoms. The summed E-state index contributed by atoms with van der Waals surface area (Å²) >= 11 is 0. The average Bonchev–Trinajstić information content (AvgIpc) is 3.22. The zero-order chi connectivity index (χ0) is 22.7. The van der Waals surface area contributed by atoms with Crippen molar-refractivity contribution in [2.45, 2.75) is 24.7 Å². The first-order valence-corrected chi connectivity index (χ1v) is 11.6. The Labute approximate surface area is 186 Å². The van der Waals surface area contributed by atoms with E-state index < -0.39 is 10.0 Å². The third-order valence-electron chi connectivity index (χ3n) is 5.16. The van der Waals surface area contributed by atoms with Gasteiger partial charge in [0.05, 0.1) is 16.1 Å². The van der Waals surface area contributed by atoms with Crippen LogP contribution < -0.4 is 14.9 Å². The summed E-state index contributed by atoms with van der Waals surface area (Å²) in [5.41, 5.74) is 3.01. The summed E-state index contributed by atoms with van der Waals surface area (Å²) in [6, 6.07) is 14.5. The highest BCUT2D eigenvalue weighted by Crippen LogP contribution is 2.32. The number of anilines is 3. The highest BCUT2D eigenvalue weighted by molar-refractivity contribution is 7.92. The van der Waals surface area contributed by atoms with E-state index >= 15 is 0 Å². The number of aromatic nitrogens is 1. The second-order valence-electron chi connectivity index (χ2n) is 7.32. The Balaban J connectivity index is 1.54. The van der Waals surface area contributed by atoms with E-state index in [2.05, 4.69) is 15.0 Å². The third-order valence-corrected chi connectivity index (χ3v) is 6.55. The van der Waals surface area contributed by atoms with Gasteiger partial charge in [-0.1, -0.05) is 13.0 Å². The monoisotopic (exact) mass is 450 g/mol. The molecule has 1 aliphatic heterocycles. The fourth-order valence-corrected chi connectivity index (χ4v) is 4.53.